The zero-order chi connectivity index (χ0) is 15.4. The number of nitrogens with two attached hydrogens (primary N) is 1. The fourth-order valence-corrected chi connectivity index (χ4v) is 1.86. The molecule has 0 aliphatic rings. The number of aromatic nitrogens is 2. The second-order valence-electron chi connectivity index (χ2n) is 4.23. The van der Waals surface area contributed by atoms with E-state index in [1.807, 2.05) is 31.3 Å². The van der Waals surface area contributed by atoms with Gasteiger partial charge in [0.15, 0.2) is 0 Å². The average molecular weight is 304 g/mol. The SMILES string of the molecule is COc1cc(OC)nc(N(C)c2cccc(C(N)=S)c2)n1. The van der Waals surface area contributed by atoms with Gasteiger partial charge in [0.25, 0.3) is 0 Å². The van der Waals surface area contributed by atoms with Gasteiger partial charge in [-0.1, -0.05) is 24.4 Å². The molecule has 0 aliphatic carbocycles. The summed E-state index contributed by atoms with van der Waals surface area (Å²) in [6.07, 6.45) is 0. The van der Waals surface area contributed by atoms with Gasteiger partial charge >= 0.3 is 0 Å². The molecule has 0 aliphatic heterocycles. The molecular formula is C14H16N4O2S. The van der Waals surface area contributed by atoms with Crippen molar-refractivity contribution in [2.75, 3.05) is 26.2 Å². The lowest BCUT2D eigenvalue weighted by molar-refractivity contribution is 0.372. The van der Waals surface area contributed by atoms with E-state index in [9.17, 15) is 0 Å². The van der Waals surface area contributed by atoms with Crippen LogP contribution in [-0.4, -0.2) is 36.2 Å². The first kappa shape index (κ1) is 15.0. The van der Waals surface area contributed by atoms with Crippen LogP contribution in [0.2, 0.25) is 0 Å². The fraction of sp³-hybridized carbons (Fsp3) is 0.214. The molecule has 2 rings (SSSR count). The van der Waals surface area contributed by atoms with Gasteiger partial charge in [0, 0.05) is 18.3 Å². The number of hydrogen-bond acceptors (Lipinski definition) is 6. The van der Waals surface area contributed by atoms with E-state index in [1.54, 1.807) is 25.2 Å². The molecule has 2 aromatic rings. The van der Waals surface area contributed by atoms with E-state index < -0.39 is 0 Å². The summed E-state index contributed by atoms with van der Waals surface area (Å²) in [6.45, 7) is 0. The van der Waals surface area contributed by atoms with E-state index in [0.29, 0.717) is 22.7 Å². The highest BCUT2D eigenvalue weighted by atomic mass is 32.1. The highest BCUT2D eigenvalue weighted by Crippen LogP contribution is 2.25. The molecule has 1 heterocycles. The highest BCUT2D eigenvalue weighted by molar-refractivity contribution is 7.80. The number of methoxy groups -OCH3 is 2. The van der Waals surface area contributed by atoms with Crippen LogP contribution in [0.3, 0.4) is 0 Å². The molecule has 0 saturated carbocycles. The van der Waals surface area contributed by atoms with Crippen molar-refractivity contribution in [2.45, 2.75) is 0 Å². The van der Waals surface area contributed by atoms with Crippen molar-refractivity contribution in [1.29, 1.82) is 0 Å². The lowest BCUT2D eigenvalue weighted by atomic mass is 10.2. The van der Waals surface area contributed by atoms with Gasteiger partial charge in [-0.2, -0.15) is 9.97 Å². The third-order valence-corrected chi connectivity index (χ3v) is 3.14. The minimum atomic E-state index is 0.342. The Morgan fingerprint density at radius 3 is 2.29 bits per heavy atom. The third kappa shape index (κ3) is 3.38. The van der Waals surface area contributed by atoms with Crippen LogP contribution in [0.4, 0.5) is 11.6 Å². The molecule has 1 aromatic heterocycles. The summed E-state index contributed by atoms with van der Waals surface area (Å²) in [5, 5.41) is 0. The maximum Gasteiger partial charge on any atom is 0.236 e. The summed E-state index contributed by atoms with van der Waals surface area (Å²) >= 11 is 4.99. The number of thiocarbonyl (C=S) groups is 1. The summed E-state index contributed by atoms with van der Waals surface area (Å²) in [4.78, 5) is 10.7. The molecule has 6 nitrogen and oxygen atoms in total. The topological polar surface area (TPSA) is 73.5 Å². The average Bonchev–Trinajstić information content (AvgIpc) is 2.53. The van der Waals surface area contributed by atoms with Crippen molar-refractivity contribution >= 4 is 28.8 Å². The molecule has 2 N–H and O–H groups in total. The van der Waals surface area contributed by atoms with Crippen molar-refractivity contribution in [3.05, 3.63) is 35.9 Å². The Morgan fingerprint density at radius 2 is 1.76 bits per heavy atom. The first-order valence-corrected chi connectivity index (χ1v) is 6.56. The number of anilines is 2. The van der Waals surface area contributed by atoms with Gasteiger partial charge in [-0.15, -0.1) is 0 Å². The number of hydrogen-bond donors (Lipinski definition) is 1. The van der Waals surface area contributed by atoms with Gasteiger partial charge in [0.2, 0.25) is 17.7 Å². The zero-order valence-corrected chi connectivity index (χ0v) is 12.8. The Morgan fingerprint density at radius 1 is 1.14 bits per heavy atom. The molecule has 0 fully saturated rings. The molecule has 0 amide bonds. The van der Waals surface area contributed by atoms with Crippen LogP contribution in [0.5, 0.6) is 11.8 Å². The molecule has 1 aromatic carbocycles. The van der Waals surface area contributed by atoms with Gasteiger partial charge in [-0.25, -0.2) is 0 Å². The minimum absolute atomic E-state index is 0.342. The van der Waals surface area contributed by atoms with Crippen LogP contribution < -0.4 is 20.1 Å². The van der Waals surface area contributed by atoms with Crippen molar-refractivity contribution in [2.24, 2.45) is 5.73 Å². The van der Waals surface area contributed by atoms with E-state index in [4.69, 9.17) is 27.4 Å². The van der Waals surface area contributed by atoms with Crippen molar-refractivity contribution < 1.29 is 9.47 Å². The zero-order valence-electron chi connectivity index (χ0n) is 12.0. The Balaban J connectivity index is 2.41. The van der Waals surface area contributed by atoms with Gasteiger partial charge < -0.3 is 20.1 Å². The van der Waals surface area contributed by atoms with Gasteiger partial charge in [0.1, 0.15) is 4.99 Å². The maximum absolute atomic E-state index is 5.65. The van der Waals surface area contributed by atoms with E-state index >= 15 is 0 Å². The van der Waals surface area contributed by atoms with Crippen LogP contribution in [-0.2, 0) is 0 Å². The molecular weight excluding hydrogens is 288 g/mol. The predicted octanol–water partition coefficient (Wildman–Crippen LogP) is 1.90. The largest absolute Gasteiger partial charge is 0.481 e. The first-order chi connectivity index (χ1) is 10.0. The Hall–Kier alpha value is -2.41. The van der Waals surface area contributed by atoms with Gasteiger partial charge in [-0.3, -0.25) is 0 Å². The van der Waals surface area contributed by atoms with Crippen LogP contribution in [0.1, 0.15) is 5.56 Å². The normalized spacial score (nSPS) is 10.0. The predicted molar refractivity (Wildman–Crippen MR) is 85.5 cm³/mol. The third-order valence-electron chi connectivity index (χ3n) is 2.90. The number of benzene rings is 1. The van der Waals surface area contributed by atoms with Crippen LogP contribution in [0.15, 0.2) is 30.3 Å². The molecule has 21 heavy (non-hydrogen) atoms. The lowest BCUT2D eigenvalue weighted by Gasteiger charge is -2.18. The molecule has 0 atom stereocenters. The van der Waals surface area contributed by atoms with Gasteiger partial charge in [0.05, 0.1) is 20.3 Å². The summed E-state index contributed by atoms with van der Waals surface area (Å²) in [6, 6.07) is 9.13. The molecule has 0 unspecified atom stereocenters. The summed E-state index contributed by atoms with van der Waals surface area (Å²) in [7, 11) is 4.92. The van der Waals surface area contributed by atoms with Crippen molar-refractivity contribution in [3.63, 3.8) is 0 Å². The number of nitrogens with zero attached hydrogens (tertiary/aromatic N) is 3. The molecule has 0 saturated heterocycles. The lowest BCUT2D eigenvalue weighted by Crippen LogP contribution is -2.15. The standard InChI is InChI=1S/C14H16N4O2S/c1-18(10-6-4-5-9(7-10)13(15)21)14-16-11(19-2)8-12(17-14)20-3/h4-8H,1-3H3,(H2,15,21). The number of ether oxygens (including phenoxy) is 2. The Bertz CT molecular complexity index is 641. The van der Waals surface area contributed by atoms with E-state index in [1.165, 1.54) is 0 Å². The monoisotopic (exact) mass is 304 g/mol. The van der Waals surface area contributed by atoms with Crippen molar-refractivity contribution in [3.8, 4) is 11.8 Å². The van der Waals surface area contributed by atoms with Crippen LogP contribution in [0, 0.1) is 0 Å². The Labute approximate surface area is 128 Å². The quantitative estimate of drug-likeness (QED) is 0.846. The summed E-state index contributed by atoms with van der Waals surface area (Å²) < 4.78 is 10.3. The molecule has 110 valence electrons. The summed E-state index contributed by atoms with van der Waals surface area (Å²) in [5.74, 6) is 1.30. The Kier molecular flexibility index (Phi) is 4.54. The minimum Gasteiger partial charge on any atom is -0.481 e. The molecule has 7 heteroatoms. The van der Waals surface area contributed by atoms with E-state index in [2.05, 4.69) is 9.97 Å². The smallest absolute Gasteiger partial charge is 0.236 e. The molecule has 0 spiro atoms. The van der Waals surface area contributed by atoms with Crippen LogP contribution in [0.25, 0.3) is 0 Å². The maximum atomic E-state index is 5.65. The number of rotatable bonds is 5. The molecule has 0 bridgehead atoms. The highest BCUT2D eigenvalue weighted by Gasteiger charge is 2.12. The second-order valence-corrected chi connectivity index (χ2v) is 4.67. The molecule has 0 radical (unpaired) electrons. The second kappa shape index (κ2) is 6.36. The summed E-state index contributed by atoms with van der Waals surface area (Å²) in [5.41, 5.74) is 7.29. The van der Waals surface area contributed by atoms with E-state index in [-0.39, 0.29) is 0 Å². The fourth-order valence-electron chi connectivity index (χ4n) is 1.73. The van der Waals surface area contributed by atoms with Crippen LogP contribution >= 0.6 is 12.2 Å². The van der Waals surface area contributed by atoms with E-state index in [0.717, 1.165) is 11.3 Å². The van der Waals surface area contributed by atoms with Gasteiger partial charge in [-0.05, 0) is 12.1 Å². The first-order valence-electron chi connectivity index (χ1n) is 6.16. The van der Waals surface area contributed by atoms with Crippen molar-refractivity contribution in [1.82, 2.24) is 9.97 Å².